The zero-order valence-electron chi connectivity index (χ0n) is 16.9. The van der Waals surface area contributed by atoms with Gasteiger partial charge in [-0.3, -0.25) is 9.48 Å². The van der Waals surface area contributed by atoms with Crippen molar-refractivity contribution in [1.29, 1.82) is 0 Å². The van der Waals surface area contributed by atoms with Crippen molar-refractivity contribution in [2.45, 2.75) is 45.7 Å². The van der Waals surface area contributed by atoms with E-state index in [4.69, 9.17) is 4.98 Å². The third-order valence-electron chi connectivity index (χ3n) is 6.09. The van der Waals surface area contributed by atoms with E-state index in [9.17, 15) is 4.79 Å². The van der Waals surface area contributed by atoms with Gasteiger partial charge in [0.25, 0.3) is 0 Å². The lowest BCUT2D eigenvalue weighted by Gasteiger charge is -2.23. The number of aromatic amines is 1. The van der Waals surface area contributed by atoms with Crippen molar-refractivity contribution in [3.05, 3.63) is 59.5 Å². The summed E-state index contributed by atoms with van der Waals surface area (Å²) in [5.74, 6) is 1.07. The van der Waals surface area contributed by atoms with E-state index in [-0.39, 0.29) is 11.9 Å². The number of nitrogens with zero attached hydrogens (tertiary/aromatic N) is 4. The average Bonchev–Trinajstić information content (AvgIpc) is 3.44. The van der Waals surface area contributed by atoms with E-state index < -0.39 is 0 Å². The number of likely N-dealkylation sites (tertiary alicyclic amines) is 1. The summed E-state index contributed by atoms with van der Waals surface area (Å²) in [4.78, 5) is 23.3. The van der Waals surface area contributed by atoms with E-state index in [0.717, 1.165) is 47.1 Å². The zero-order chi connectivity index (χ0) is 20.0. The Morgan fingerprint density at radius 1 is 1.21 bits per heavy atom. The number of amides is 1. The number of aromatic nitrogens is 4. The second-order valence-electron chi connectivity index (χ2n) is 8.00. The fourth-order valence-electron chi connectivity index (χ4n) is 4.35. The molecule has 1 N–H and O–H groups in total. The fourth-order valence-corrected chi connectivity index (χ4v) is 4.35. The number of fused-ring (bicyclic) bond motifs is 2. The highest BCUT2D eigenvalue weighted by Gasteiger charge is 2.32. The average molecular weight is 387 g/mol. The molecule has 1 amide bonds. The molecule has 0 aliphatic carbocycles. The molecule has 1 aliphatic rings. The van der Waals surface area contributed by atoms with Gasteiger partial charge < -0.3 is 9.88 Å². The molecule has 148 valence electrons. The third kappa shape index (κ3) is 3.18. The summed E-state index contributed by atoms with van der Waals surface area (Å²) < 4.78 is 1.92. The van der Waals surface area contributed by atoms with E-state index in [2.05, 4.69) is 36.1 Å². The number of aryl methyl sites for hydroxylation is 3. The van der Waals surface area contributed by atoms with E-state index >= 15 is 0 Å². The van der Waals surface area contributed by atoms with Crippen LogP contribution in [0.15, 0.2) is 42.6 Å². The van der Waals surface area contributed by atoms with Gasteiger partial charge in [0.15, 0.2) is 0 Å². The molecule has 1 saturated heterocycles. The van der Waals surface area contributed by atoms with Gasteiger partial charge in [-0.15, -0.1) is 0 Å². The Kier molecular flexibility index (Phi) is 4.34. The molecular weight excluding hydrogens is 362 g/mol. The minimum absolute atomic E-state index is 0.0323. The number of hydrogen-bond donors (Lipinski definition) is 1. The molecule has 1 fully saturated rings. The lowest BCUT2D eigenvalue weighted by molar-refractivity contribution is -0.132. The molecule has 1 aliphatic heterocycles. The monoisotopic (exact) mass is 387 g/mol. The van der Waals surface area contributed by atoms with E-state index in [1.54, 1.807) is 0 Å². The summed E-state index contributed by atoms with van der Waals surface area (Å²) in [5.41, 5.74) is 5.58. The zero-order valence-corrected chi connectivity index (χ0v) is 16.9. The number of carbonyl (C=O) groups is 1. The van der Waals surface area contributed by atoms with Crippen LogP contribution < -0.4 is 0 Å². The van der Waals surface area contributed by atoms with Gasteiger partial charge in [-0.1, -0.05) is 18.2 Å². The molecule has 0 bridgehead atoms. The van der Waals surface area contributed by atoms with Crippen molar-refractivity contribution in [1.82, 2.24) is 24.6 Å². The first kappa shape index (κ1) is 17.9. The molecule has 1 atom stereocenters. The van der Waals surface area contributed by atoms with Crippen LogP contribution in [0, 0.1) is 13.8 Å². The summed E-state index contributed by atoms with van der Waals surface area (Å²) in [6.07, 6.45) is 4.27. The summed E-state index contributed by atoms with van der Waals surface area (Å²) in [7, 11) is 0. The van der Waals surface area contributed by atoms with Crippen LogP contribution >= 0.6 is 0 Å². The number of nitrogens with one attached hydrogen (secondary N) is 1. The Labute approximate surface area is 169 Å². The highest BCUT2D eigenvalue weighted by molar-refractivity contribution is 5.80. The molecule has 0 spiro atoms. The quantitative estimate of drug-likeness (QED) is 0.568. The minimum Gasteiger partial charge on any atom is -0.340 e. The number of para-hydroxylation sites is 1. The highest BCUT2D eigenvalue weighted by Crippen LogP contribution is 2.32. The molecular formula is C23H25N5O. The second-order valence-corrected chi connectivity index (χ2v) is 8.00. The predicted molar refractivity (Wildman–Crippen MR) is 114 cm³/mol. The molecule has 0 unspecified atom stereocenters. The topological polar surface area (TPSA) is 66.8 Å². The Morgan fingerprint density at radius 3 is 2.93 bits per heavy atom. The standard InChI is InChI=1S/C23H25N5O/c1-15-12-18-19(13-16(15)2)26-23(25-18)21-8-5-10-27(21)22(29)9-11-28-20-7-4-3-6-17(20)14-24-28/h3-4,6-7,12-14,21H,5,8-11H2,1-2H3,(H,25,26)/t21-/m0/s1. The Balaban J connectivity index is 1.34. The van der Waals surface area contributed by atoms with Crippen molar-refractivity contribution in [3.63, 3.8) is 0 Å². The SMILES string of the molecule is Cc1cc2nc([C@@H]3CCCN3C(=O)CCn3ncc4ccccc43)[nH]c2cc1C. The highest BCUT2D eigenvalue weighted by atomic mass is 16.2. The fraction of sp³-hybridized carbons (Fsp3) is 0.348. The Hall–Kier alpha value is -3.15. The Bertz CT molecular complexity index is 1170. The van der Waals surface area contributed by atoms with Gasteiger partial charge >= 0.3 is 0 Å². The number of H-pyrrole nitrogens is 1. The second kappa shape index (κ2) is 7.03. The molecule has 6 heteroatoms. The van der Waals surface area contributed by atoms with Crippen molar-refractivity contribution < 1.29 is 4.79 Å². The van der Waals surface area contributed by atoms with E-state index in [1.165, 1.54) is 11.1 Å². The van der Waals surface area contributed by atoms with Crippen LogP contribution in [-0.2, 0) is 11.3 Å². The summed E-state index contributed by atoms with van der Waals surface area (Å²) in [6.45, 7) is 5.60. The van der Waals surface area contributed by atoms with Gasteiger partial charge in [0.05, 0.1) is 35.3 Å². The lowest BCUT2D eigenvalue weighted by Crippen LogP contribution is -2.31. The minimum atomic E-state index is 0.0323. The molecule has 2 aromatic heterocycles. The van der Waals surface area contributed by atoms with Gasteiger partial charge in [0.1, 0.15) is 5.82 Å². The largest absolute Gasteiger partial charge is 0.340 e. The molecule has 29 heavy (non-hydrogen) atoms. The van der Waals surface area contributed by atoms with Crippen LogP contribution in [0.25, 0.3) is 21.9 Å². The van der Waals surface area contributed by atoms with Gasteiger partial charge in [-0.05, 0) is 56.0 Å². The lowest BCUT2D eigenvalue weighted by atomic mass is 10.1. The summed E-state index contributed by atoms with van der Waals surface area (Å²) in [6, 6.07) is 12.4. The summed E-state index contributed by atoms with van der Waals surface area (Å²) >= 11 is 0. The number of benzene rings is 2. The first-order chi connectivity index (χ1) is 14.1. The number of carbonyl (C=O) groups excluding carboxylic acids is 1. The van der Waals surface area contributed by atoms with Crippen molar-refractivity contribution in [3.8, 4) is 0 Å². The predicted octanol–water partition coefficient (Wildman–Crippen LogP) is 4.28. The van der Waals surface area contributed by atoms with Crippen LogP contribution in [0.3, 0.4) is 0 Å². The molecule has 5 rings (SSSR count). The van der Waals surface area contributed by atoms with Crippen molar-refractivity contribution in [2.24, 2.45) is 0 Å². The van der Waals surface area contributed by atoms with Gasteiger partial charge in [-0.25, -0.2) is 4.98 Å². The molecule has 6 nitrogen and oxygen atoms in total. The maximum atomic E-state index is 13.0. The first-order valence-corrected chi connectivity index (χ1v) is 10.3. The number of hydrogen-bond acceptors (Lipinski definition) is 3. The van der Waals surface area contributed by atoms with Gasteiger partial charge in [0, 0.05) is 18.4 Å². The smallest absolute Gasteiger partial charge is 0.225 e. The summed E-state index contributed by atoms with van der Waals surface area (Å²) in [5, 5.41) is 5.55. The molecule has 4 aromatic rings. The number of rotatable bonds is 4. The molecule has 0 saturated carbocycles. The van der Waals surface area contributed by atoms with Crippen LogP contribution in [0.1, 0.15) is 42.3 Å². The normalized spacial score (nSPS) is 16.9. The van der Waals surface area contributed by atoms with E-state index in [0.29, 0.717) is 13.0 Å². The molecule has 3 heterocycles. The maximum Gasteiger partial charge on any atom is 0.225 e. The van der Waals surface area contributed by atoms with Crippen LogP contribution in [0.2, 0.25) is 0 Å². The third-order valence-corrected chi connectivity index (χ3v) is 6.09. The van der Waals surface area contributed by atoms with Crippen LogP contribution in [0.4, 0.5) is 0 Å². The molecule has 2 aromatic carbocycles. The van der Waals surface area contributed by atoms with Gasteiger partial charge in [-0.2, -0.15) is 5.10 Å². The van der Waals surface area contributed by atoms with Crippen molar-refractivity contribution >= 4 is 27.8 Å². The Morgan fingerprint density at radius 2 is 2.03 bits per heavy atom. The van der Waals surface area contributed by atoms with Gasteiger partial charge in [0.2, 0.25) is 5.91 Å². The van der Waals surface area contributed by atoms with Crippen LogP contribution in [-0.4, -0.2) is 37.1 Å². The van der Waals surface area contributed by atoms with Crippen LogP contribution in [0.5, 0.6) is 0 Å². The molecule has 0 radical (unpaired) electrons. The number of imidazole rings is 1. The van der Waals surface area contributed by atoms with E-state index in [1.807, 2.05) is 40.0 Å². The van der Waals surface area contributed by atoms with Crippen molar-refractivity contribution in [2.75, 3.05) is 6.54 Å². The maximum absolute atomic E-state index is 13.0. The first-order valence-electron chi connectivity index (χ1n) is 10.3.